The number of alkyl halides is 3. The Kier molecular flexibility index (Phi) is 9.16. The molecule has 3 N–H and O–H groups in total. The lowest BCUT2D eigenvalue weighted by atomic mass is 10.4. The van der Waals surface area contributed by atoms with Gasteiger partial charge in [0, 0.05) is 25.8 Å². The first-order valence-electron chi connectivity index (χ1n) is 7.67. The second-order valence-corrected chi connectivity index (χ2v) is 4.89. The first kappa shape index (κ1) is 22.0. The first-order chi connectivity index (χ1) is 12.0. The minimum Gasteiger partial charge on any atom is -0.467 e. The predicted molar refractivity (Wildman–Crippen MR) is 102 cm³/mol. The van der Waals surface area contributed by atoms with Crippen LogP contribution in [0.4, 0.5) is 19.1 Å². The molecule has 2 aromatic rings. The Bertz CT molecular complexity index is 678. The summed E-state index contributed by atoms with van der Waals surface area (Å²) in [5.41, 5.74) is -0.980. The molecule has 7 nitrogen and oxygen atoms in total. The molecule has 0 aliphatic rings. The lowest BCUT2D eigenvalue weighted by molar-refractivity contribution is -0.141. The third-order valence-corrected chi connectivity index (χ3v) is 2.96. The van der Waals surface area contributed by atoms with Crippen molar-refractivity contribution >= 4 is 35.9 Å². The molecule has 2 aromatic heterocycles. The van der Waals surface area contributed by atoms with Gasteiger partial charge >= 0.3 is 6.18 Å². The molecule has 0 bridgehead atoms. The Morgan fingerprint density at radius 1 is 1.23 bits per heavy atom. The number of hydrogen-bond acceptors (Lipinski definition) is 5. The van der Waals surface area contributed by atoms with Crippen LogP contribution in [-0.2, 0) is 12.7 Å². The van der Waals surface area contributed by atoms with Crippen molar-refractivity contribution in [3.05, 3.63) is 42.1 Å². The normalized spacial score (nSPS) is 11.6. The molecule has 26 heavy (non-hydrogen) atoms. The fourth-order valence-electron chi connectivity index (χ4n) is 1.86. The van der Waals surface area contributed by atoms with Crippen LogP contribution in [0.1, 0.15) is 18.4 Å². The topological polar surface area (TPSA) is 87.4 Å². The lowest BCUT2D eigenvalue weighted by Gasteiger charge is -2.12. The van der Waals surface area contributed by atoms with E-state index >= 15 is 0 Å². The maximum Gasteiger partial charge on any atom is 0.433 e. The van der Waals surface area contributed by atoms with Gasteiger partial charge in [-0.1, -0.05) is 0 Å². The maximum atomic E-state index is 12.6. The van der Waals surface area contributed by atoms with Crippen molar-refractivity contribution in [1.82, 2.24) is 20.6 Å². The number of furan rings is 1. The summed E-state index contributed by atoms with van der Waals surface area (Å²) >= 11 is 0. The van der Waals surface area contributed by atoms with Crippen LogP contribution in [0, 0.1) is 0 Å². The standard InChI is InChI=1S/C15H19F3N6O.HI/c1-2-19-13(23-10-11-4-3-9-25-11)21-7-8-22-14-20-6-5-12(24-14)15(16,17)18;/h3-6,9H,2,7-8,10H2,1H3,(H2,19,21,23)(H,20,22,24);1H. The zero-order chi connectivity index (χ0) is 18.1. The number of rotatable bonds is 7. The van der Waals surface area contributed by atoms with E-state index in [2.05, 4.69) is 30.9 Å². The highest BCUT2D eigenvalue weighted by molar-refractivity contribution is 14.0. The summed E-state index contributed by atoms with van der Waals surface area (Å²) in [5, 5.41) is 8.86. The molecule has 0 fully saturated rings. The summed E-state index contributed by atoms with van der Waals surface area (Å²) in [6.07, 6.45) is -1.85. The Morgan fingerprint density at radius 3 is 2.69 bits per heavy atom. The van der Waals surface area contributed by atoms with E-state index in [1.807, 2.05) is 13.0 Å². The van der Waals surface area contributed by atoms with Gasteiger partial charge < -0.3 is 20.4 Å². The molecule has 2 rings (SSSR count). The third-order valence-electron chi connectivity index (χ3n) is 2.96. The first-order valence-corrected chi connectivity index (χ1v) is 7.67. The molecular formula is C15H20F3IN6O. The lowest BCUT2D eigenvalue weighted by Crippen LogP contribution is -2.39. The Labute approximate surface area is 165 Å². The largest absolute Gasteiger partial charge is 0.467 e. The zero-order valence-corrected chi connectivity index (χ0v) is 16.3. The maximum absolute atomic E-state index is 12.6. The van der Waals surface area contributed by atoms with Crippen LogP contribution < -0.4 is 16.0 Å². The van der Waals surface area contributed by atoms with Crippen molar-refractivity contribution in [2.45, 2.75) is 19.6 Å². The smallest absolute Gasteiger partial charge is 0.433 e. The third kappa shape index (κ3) is 7.45. The number of aromatic nitrogens is 2. The molecule has 2 heterocycles. The van der Waals surface area contributed by atoms with E-state index < -0.39 is 11.9 Å². The molecular weight excluding hydrogens is 464 g/mol. The number of aliphatic imine (C=N–C) groups is 1. The molecule has 0 spiro atoms. The van der Waals surface area contributed by atoms with Crippen LogP contribution in [0.3, 0.4) is 0 Å². The van der Waals surface area contributed by atoms with Gasteiger partial charge in [0.05, 0.1) is 6.26 Å². The number of hydrogen-bond donors (Lipinski definition) is 3. The van der Waals surface area contributed by atoms with Crippen molar-refractivity contribution in [2.24, 2.45) is 4.99 Å². The summed E-state index contributed by atoms with van der Waals surface area (Å²) in [4.78, 5) is 11.5. The Hall–Kier alpha value is -2.05. The zero-order valence-electron chi connectivity index (χ0n) is 14.0. The van der Waals surface area contributed by atoms with Gasteiger partial charge in [-0.25, -0.2) is 15.0 Å². The summed E-state index contributed by atoms with van der Waals surface area (Å²) in [6.45, 7) is 3.73. The van der Waals surface area contributed by atoms with Crippen LogP contribution in [0.25, 0.3) is 0 Å². The number of anilines is 1. The summed E-state index contributed by atoms with van der Waals surface area (Å²) < 4.78 is 43.0. The number of nitrogens with one attached hydrogen (secondary N) is 3. The summed E-state index contributed by atoms with van der Waals surface area (Å²) in [7, 11) is 0. The van der Waals surface area contributed by atoms with E-state index in [0.717, 1.165) is 18.0 Å². The number of nitrogens with zero attached hydrogens (tertiary/aromatic N) is 3. The minimum atomic E-state index is -4.49. The van der Waals surface area contributed by atoms with E-state index in [0.29, 0.717) is 32.1 Å². The second kappa shape index (κ2) is 10.8. The molecule has 0 atom stereocenters. The van der Waals surface area contributed by atoms with Gasteiger partial charge in [0.15, 0.2) is 5.96 Å². The fourth-order valence-corrected chi connectivity index (χ4v) is 1.86. The average molecular weight is 484 g/mol. The van der Waals surface area contributed by atoms with Gasteiger partial charge in [-0.15, -0.1) is 24.0 Å². The predicted octanol–water partition coefficient (Wildman–Crippen LogP) is 2.87. The molecule has 0 aromatic carbocycles. The van der Waals surface area contributed by atoms with E-state index in [-0.39, 0.29) is 29.9 Å². The monoisotopic (exact) mass is 484 g/mol. The Morgan fingerprint density at radius 2 is 2.04 bits per heavy atom. The molecule has 0 aliphatic carbocycles. The van der Waals surface area contributed by atoms with Crippen LogP contribution in [0.2, 0.25) is 0 Å². The van der Waals surface area contributed by atoms with E-state index in [1.54, 1.807) is 12.3 Å². The number of guanidine groups is 1. The van der Waals surface area contributed by atoms with E-state index in [4.69, 9.17) is 4.42 Å². The van der Waals surface area contributed by atoms with Gasteiger partial charge in [0.1, 0.15) is 18.0 Å². The second-order valence-electron chi connectivity index (χ2n) is 4.89. The average Bonchev–Trinajstić information content (AvgIpc) is 3.09. The van der Waals surface area contributed by atoms with Crippen molar-refractivity contribution < 1.29 is 17.6 Å². The SMILES string of the molecule is CCNC(=NCc1ccco1)NCCNc1nccc(C(F)(F)F)n1.I. The van der Waals surface area contributed by atoms with E-state index in [1.165, 1.54) is 0 Å². The highest BCUT2D eigenvalue weighted by atomic mass is 127. The molecule has 11 heteroatoms. The van der Waals surface area contributed by atoms with Crippen molar-refractivity contribution in [1.29, 1.82) is 0 Å². The molecule has 0 amide bonds. The van der Waals surface area contributed by atoms with Gasteiger partial charge in [0.25, 0.3) is 0 Å². The van der Waals surface area contributed by atoms with Crippen molar-refractivity contribution in [3.8, 4) is 0 Å². The van der Waals surface area contributed by atoms with Crippen LogP contribution >= 0.6 is 24.0 Å². The summed E-state index contributed by atoms with van der Waals surface area (Å²) in [5.74, 6) is 1.23. The van der Waals surface area contributed by atoms with Gasteiger partial charge in [-0.2, -0.15) is 13.2 Å². The summed E-state index contributed by atoms with van der Waals surface area (Å²) in [6, 6.07) is 4.43. The molecule has 144 valence electrons. The van der Waals surface area contributed by atoms with Crippen LogP contribution in [0.5, 0.6) is 0 Å². The van der Waals surface area contributed by atoms with Crippen LogP contribution in [0.15, 0.2) is 40.1 Å². The molecule has 0 unspecified atom stereocenters. The fraction of sp³-hybridized carbons (Fsp3) is 0.400. The van der Waals surface area contributed by atoms with Crippen LogP contribution in [-0.4, -0.2) is 35.6 Å². The molecule has 0 saturated heterocycles. The minimum absolute atomic E-state index is 0. The highest BCUT2D eigenvalue weighted by Gasteiger charge is 2.32. The van der Waals surface area contributed by atoms with Gasteiger partial charge in [-0.05, 0) is 25.1 Å². The molecule has 0 aliphatic heterocycles. The van der Waals surface area contributed by atoms with E-state index in [9.17, 15) is 13.2 Å². The van der Waals surface area contributed by atoms with Gasteiger partial charge in [-0.3, -0.25) is 0 Å². The highest BCUT2D eigenvalue weighted by Crippen LogP contribution is 2.27. The van der Waals surface area contributed by atoms with Crippen molar-refractivity contribution in [2.75, 3.05) is 25.0 Å². The number of halogens is 4. The quantitative estimate of drug-likeness (QED) is 0.243. The Balaban J connectivity index is 0.00000338. The molecule has 0 saturated carbocycles. The molecule has 0 radical (unpaired) electrons. The van der Waals surface area contributed by atoms with Gasteiger partial charge in [0.2, 0.25) is 5.95 Å². The van der Waals surface area contributed by atoms with Crippen molar-refractivity contribution in [3.63, 3.8) is 0 Å².